The summed E-state index contributed by atoms with van der Waals surface area (Å²) in [5.74, 6) is -2.77. The van der Waals surface area contributed by atoms with Crippen molar-refractivity contribution in [1.82, 2.24) is 5.32 Å². The van der Waals surface area contributed by atoms with Crippen LogP contribution in [-0.4, -0.2) is 65.9 Å². The number of nitrogens with zero attached hydrogens (tertiary/aromatic N) is 1. The van der Waals surface area contributed by atoms with E-state index in [9.17, 15) is 27.9 Å². The molecule has 0 spiro atoms. The average molecular weight is 589 g/mol. The van der Waals surface area contributed by atoms with Crippen molar-refractivity contribution < 1.29 is 51.4 Å². The molecule has 3 aliphatic rings. The van der Waals surface area contributed by atoms with E-state index in [4.69, 9.17) is 19.1 Å². The highest BCUT2D eigenvalue weighted by atomic mass is 19.4. The average Bonchev–Trinajstić information content (AvgIpc) is 3.51. The number of amides is 1. The summed E-state index contributed by atoms with van der Waals surface area (Å²) >= 11 is 0. The van der Waals surface area contributed by atoms with Crippen LogP contribution >= 0.6 is 0 Å². The Labute approximate surface area is 240 Å². The van der Waals surface area contributed by atoms with Gasteiger partial charge in [-0.05, 0) is 23.3 Å². The number of carbonyl (C=O) groups is 3. The molecule has 3 aromatic rings. The molecule has 12 heteroatoms. The van der Waals surface area contributed by atoms with Gasteiger partial charge in [0.15, 0.2) is 12.6 Å². The first-order valence-corrected chi connectivity index (χ1v) is 13.4. The number of esters is 1. The van der Waals surface area contributed by atoms with E-state index in [-0.39, 0.29) is 17.9 Å². The summed E-state index contributed by atoms with van der Waals surface area (Å²) in [6.07, 6.45) is -2.18. The summed E-state index contributed by atoms with van der Waals surface area (Å²) in [6.45, 7) is 3.03. The number of rotatable bonds is 8. The van der Waals surface area contributed by atoms with Crippen molar-refractivity contribution in [3.05, 3.63) is 95.9 Å². The predicted octanol–water partition coefficient (Wildman–Crippen LogP) is 2.28. The molecular weight excluding hydrogens is 557 g/mol. The van der Waals surface area contributed by atoms with Crippen LogP contribution in [0, 0.1) is 5.92 Å². The minimum absolute atomic E-state index is 0.0445. The molecule has 0 saturated carbocycles. The van der Waals surface area contributed by atoms with E-state index >= 15 is 0 Å². The molecule has 1 aromatic heterocycles. The second-order valence-electron chi connectivity index (χ2n) is 10.5. The van der Waals surface area contributed by atoms with Crippen LogP contribution in [0.25, 0.3) is 0 Å². The third-order valence-electron chi connectivity index (χ3n) is 7.73. The van der Waals surface area contributed by atoms with Crippen LogP contribution in [0.5, 0.6) is 0 Å². The highest BCUT2D eigenvalue weighted by Gasteiger charge is 2.51. The predicted molar refractivity (Wildman–Crippen MR) is 140 cm³/mol. The first kappa shape index (κ1) is 30.8. The van der Waals surface area contributed by atoms with Crippen LogP contribution in [-0.2, 0) is 31.3 Å². The number of fused-ring (bicyclic) bond motifs is 3. The van der Waals surface area contributed by atoms with Crippen molar-refractivity contribution in [2.24, 2.45) is 5.92 Å². The first-order valence-electron chi connectivity index (χ1n) is 13.4. The van der Waals surface area contributed by atoms with Crippen LogP contribution in [0.1, 0.15) is 29.7 Å². The lowest BCUT2D eigenvalue weighted by Gasteiger charge is -2.51. The van der Waals surface area contributed by atoms with Gasteiger partial charge in [0.2, 0.25) is 5.60 Å². The maximum atomic E-state index is 13.6. The highest BCUT2D eigenvalue weighted by Crippen LogP contribution is 2.38. The number of carboxylic acid groups (broad SMARTS) is 1. The second kappa shape index (κ2) is 12.8. The number of hydrogen-bond donors (Lipinski definition) is 2. The molecule has 6 rings (SSSR count). The van der Waals surface area contributed by atoms with Gasteiger partial charge in [-0.15, -0.1) is 0 Å². The smallest absolute Gasteiger partial charge is 0.430 e. The van der Waals surface area contributed by atoms with Crippen LogP contribution in [0.2, 0.25) is 0 Å². The Morgan fingerprint density at radius 1 is 0.952 bits per heavy atom. The quantitative estimate of drug-likeness (QED) is 0.305. The number of aliphatic hydroxyl groups is 1. The SMILES string of the molecule is O=C(C[N+]12CCC(CC1)[C@@H](OC(=O)C(O)(c1ccccc1)c1ccccc1)C2)NCc1ccco1.O=C([O-])C(F)(F)F. The van der Waals surface area contributed by atoms with Crippen molar-refractivity contribution in [2.45, 2.75) is 37.3 Å². The zero-order valence-electron chi connectivity index (χ0n) is 22.6. The molecule has 0 radical (unpaired) electrons. The number of alkyl halides is 3. The van der Waals surface area contributed by atoms with E-state index in [0.717, 1.165) is 25.9 Å². The Hall–Kier alpha value is -4.16. The molecule has 2 bridgehead atoms. The summed E-state index contributed by atoms with van der Waals surface area (Å²) in [7, 11) is 0. The lowest BCUT2D eigenvalue weighted by Crippen LogP contribution is -2.66. The monoisotopic (exact) mass is 588 g/mol. The van der Waals surface area contributed by atoms with Gasteiger partial charge in [-0.3, -0.25) is 4.79 Å². The summed E-state index contributed by atoms with van der Waals surface area (Å²) in [6, 6.07) is 21.5. The minimum atomic E-state index is -5.19. The number of benzene rings is 2. The van der Waals surface area contributed by atoms with Crippen molar-refractivity contribution in [2.75, 3.05) is 26.2 Å². The third kappa shape index (κ3) is 7.18. The largest absolute Gasteiger partial charge is 0.542 e. The molecule has 3 fully saturated rings. The van der Waals surface area contributed by atoms with Gasteiger partial charge in [0.25, 0.3) is 5.91 Å². The highest BCUT2D eigenvalue weighted by molar-refractivity contribution is 5.85. The van der Waals surface area contributed by atoms with Crippen LogP contribution in [0.4, 0.5) is 13.2 Å². The topological polar surface area (TPSA) is 129 Å². The zero-order chi connectivity index (χ0) is 30.4. The number of piperidine rings is 3. The Balaban J connectivity index is 0.000000517. The number of aliphatic carboxylic acids is 1. The van der Waals surface area contributed by atoms with Crippen molar-refractivity contribution in [3.8, 4) is 0 Å². The summed E-state index contributed by atoms with van der Waals surface area (Å²) in [4.78, 5) is 35.1. The number of hydrogen-bond acceptors (Lipinski definition) is 7. The molecular formula is C30H31F3N2O7. The fourth-order valence-electron chi connectivity index (χ4n) is 5.52. The molecule has 4 heterocycles. The molecule has 42 heavy (non-hydrogen) atoms. The summed E-state index contributed by atoms with van der Waals surface area (Å²) in [5, 5.41) is 23.5. The number of halogens is 3. The standard InChI is InChI=1S/C28H30N2O5.C2HF3O2/c31-26(29-18-24-12-7-17-34-24)20-30-15-13-21(14-16-30)25(19-30)35-27(32)28(33,22-8-3-1-4-9-22)23-10-5-2-6-11-23;3-2(4,5)1(6)7/h1-12,17,21,25,33H,13-16,18-20H2;(H,6,7)/t21?,25-,30?;/m0./s1. The van der Waals surface area contributed by atoms with Gasteiger partial charge >= 0.3 is 12.1 Å². The number of carbonyl (C=O) groups excluding carboxylic acids is 3. The lowest BCUT2D eigenvalue weighted by molar-refractivity contribution is -0.939. The maximum Gasteiger partial charge on any atom is 0.430 e. The van der Waals surface area contributed by atoms with Gasteiger partial charge in [0, 0.05) is 18.8 Å². The fraction of sp³-hybridized carbons (Fsp3) is 0.367. The molecule has 2 aromatic carbocycles. The Kier molecular flexibility index (Phi) is 9.37. The normalized spacial score (nSPS) is 21.5. The van der Waals surface area contributed by atoms with E-state index in [1.807, 2.05) is 18.2 Å². The molecule has 3 aliphatic heterocycles. The van der Waals surface area contributed by atoms with E-state index in [1.165, 1.54) is 0 Å². The number of carboxylic acids is 1. The minimum Gasteiger partial charge on any atom is -0.542 e. The van der Waals surface area contributed by atoms with Gasteiger partial charge < -0.3 is 34.0 Å². The number of quaternary nitrogens is 1. The summed E-state index contributed by atoms with van der Waals surface area (Å²) in [5.41, 5.74) is -0.961. The van der Waals surface area contributed by atoms with Crippen molar-refractivity contribution in [3.63, 3.8) is 0 Å². The summed E-state index contributed by atoms with van der Waals surface area (Å²) < 4.78 is 43.5. The van der Waals surface area contributed by atoms with E-state index in [1.54, 1.807) is 60.9 Å². The zero-order valence-corrected chi connectivity index (χ0v) is 22.6. The van der Waals surface area contributed by atoms with Crippen LogP contribution in [0.15, 0.2) is 83.5 Å². The number of ether oxygens (including phenoxy) is 1. The number of nitrogens with one attached hydrogen (secondary N) is 1. The van der Waals surface area contributed by atoms with Crippen molar-refractivity contribution in [1.29, 1.82) is 0 Å². The van der Waals surface area contributed by atoms with Gasteiger partial charge in [0.1, 0.15) is 18.3 Å². The molecule has 1 atom stereocenters. The van der Waals surface area contributed by atoms with E-state index in [0.29, 0.717) is 41.0 Å². The number of furan rings is 1. The third-order valence-corrected chi connectivity index (χ3v) is 7.73. The van der Waals surface area contributed by atoms with Crippen molar-refractivity contribution >= 4 is 17.8 Å². The maximum absolute atomic E-state index is 13.6. The van der Waals surface area contributed by atoms with Gasteiger partial charge in [-0.1, -0.05) is 60.7 Å². The molecule has 0 unspecified atom stereocenters. The molecule has 0 aliphatic carbocycles. The fourth-order valence-corrected chi connectivity index (χ4v) is 5.52. The Morgan fingerprint density at radius 3 is 1.98 bits per heavy atom. The van der Waals surface area contributed by atoms with Gasteiger partial charge in [0.05, 0.1) is 25.9 Å². The Bertz CT molecular complexity index is 1300. The van der Waals surface area contributed by atoms with E-state index < -0.39 is 23.7 Å². The molecule has 1 amide bonds. The lowest BCUT2D eigenvalue weighted by atomic mass is 9.82. The molecule has 2 N–H and O–H groups in total. The van der Waals surface area contributed by atoms with Crippen LogP contribution in [0.3, 0.4) is 0 Å². The van der Waals surface area contributed by atoms with E-state index in [2.05, 4.69) is 5.32 Å². The molecule has 224 valence electrons. The van der Waals surface area contributed by atoms with Crippen LogP contribution < -0.4 is 10.4 Å². The molecule has 3 saturated heterocycles. The Morgan fingerprint density at radius 2 is 1.50 bits per heavy atom. The van der Waals surface area contributed by atoms with Gasteiger partial charge in [-0.2, -0.15) is 13.2 Å². The van der Waals surface area contributed by atoms with Gasteiger partial charge in [-0.25, -0.2) is 4.79 Å². The first-order chi connectivity index (χ1) is 19.9. The second-order valence-corrected chi connectivity index (χ2v) is 10.5. The molecule has 9 nitrogen and oxygen atoms in total.